The van der Waals surface area contributed by atoms with Gasteiger partial charge < -0.3 is 0 Å². The largest absolute Gasteiger partial charge is 0.299 e. The zero-order valence-electron chi connectivity index (χ0n) is 13.3. The Hall–Kier alpha value is -1.62. The molecule has 3 rings (SSSR count). The first-order chi connectivity index (χ1) is 11.5. The molecule has 0 amide bonds. The average molecular weight is 391 g/mol. The van der Waals surface area contributed by atoms with Gasteiger partial charge in [0.2, 0.25) is 0 Å². The number of Topliss-reactive ketones (excluding diaryl/α,β-unsaturated/α-hetero) is 4. The quantitative estimate of drug-likeness (QED) is 0.741. The molecule has 2 aliphatic carbocycles. The van der Waals surface area contributed by atoms with Gasteiger partial charge in [0.15, 0.2) is 0 Å². The molecule has 0 N–H and O–H groups in total. The first-order valence-electron chi connectivity index (χ1n) is 8.36. The maximum Gasteiger partial charge on any atom is 0.144 e. The van der Waals surface area contributed by atoms with Crippen LogP contribution in [0.4, 0.5) is 0 Å². The summed E-state index contributed by atoms with van der Waals surface area (Å²) in [6.45, 7) is 0. The molecule has 0 radical (unpaired) electrons. The zero-order chi connectivity index (χ0) is 17.3. The van der Waals surface area contributed by atoms with E-state index in [0.29, 0.717) is 44.1 Å². The van der Waals surface area contributed by atoms with Gasteiger partial charge in [0.05, 0.1) is 11.8 Å². The molecular formula is C19H19BrO4. The lowest BCUT2D eigenvalue weighted by Gasteiger charge is -2.35. The van der Waals surface area contributed by atoms with E-state index in [1.54, 1.807) is 6.07 Å². The minimum absolute atomic E-state index is 0.141. The van der Waals surface area contributed by atoms with Gasteiger partial charge in [-0.2, -0.15) is 0 Å². The SMILES string of the molecule is O=C1CCCC(=O)C1C(c1ccccc1Br)C1C(=O)CCCC1=O. The van der Waals surface area contributed by atoms with Crippen LogP contribution in [0.15, 0.2) is 28.7 Å². The molecule has 5 heteroatoms. The molecule has 0 spiro atoms. The van der Waals surface area contributed by atoms with Crippen LogP contribution >= 0.6 is 15.9 Å². The third kappa shape index (κ3) is 3.14. The van der Waals surface area contributed by atoms with Crippen molar-refractivity contribution in [3.8, 4) is 0 Å². The van der Waals surface area contributed by atoms with Gasteiger partial charge in [-0.15, -0.1) is 0 Å². The van der Waals surface area contributed by atoms with E-state index in [4.69, 9.17) is 0 Å². The summed E-state index contributed by atoms with van der Waals surface area (Å²) in [6.07, 6.45) is 2.48. The lowest BCUT2D eigenvalue weighted by Crippen LogP contribution is -2.43. The van der Waals surface area contributed by atoms with Crippen LogP contribution in [0.1, 0.15) is 50.0 Å². The van der Waals surface area contributed by atoms with Crippen LogP contribution in [-0.2, 0) is 19.2 Å². The van der Waals surface area contributed by atoms with Crippen LogP contribution in [-0.4, -0.2) is 23.1 Å². The minimum atomic E-state index is -0.881. The number of rotatable bonds is 3. The third-order valence-corrected chi connectivity index (χ3v) is 5.78. The Morgan fingerprint density at radius 2 is 1.17 bits per heavy atom. The summed E-state index contributed by atoms with van der Waals surface area (Å²) < 4.78 is 0.729. The Morgan fingerprint density at radius 1 is 0.750 bits per heavy atom. The number of carbonyl (C=O) groups is 4. The van der Waals surface area contributed by atoms with E-state index in [-0.39, 0.29) is 23.1 Å². The van der Waals surface area contributed by atoms with Crippen molar-refractivity contribution in [3.63, 3.8) is 0 Å². The molecule has 0 saturated heterocycles. The maximum atomic E-state index is 12.5. The summed E-state index contributed by atoms with van der Waals surface area (Å²) in [7, 11) is 0. The predicted octanol–water partition coefficient (Wildman–Crippen LogP) is 3.41. The second-order valence-electron chi connectivity index (χ2n) is 6.57. The third-order valence-electron chi connectivity index (χ3n) is 5.06. The smallest absolute Gasteiger partial charge is 0.144 e. The fraction of sp³-hybridized carbons (Fsp3) is 0.474. The number of ketones is 4. The Bertz CT molecular complexity index is 639. The number of hydrogen-bond acceptors (Lipinski definition) is 4. The molecule has 126 valence electrons. The van der Waals surface area contributed by atoms with Gasteiger partial charge in [0, 0.05) is 36.1 Å². The lowest BCUT2D eigenvalue weighted by atomic mass is 9.65. The number of hydrogen-bond donors (Lipinski definition) is 0. The maximum absolute atomic E-state index is 12.5. The van der Waals surface area contributed by atoms with Crippen LogP contribution in [0.5, 0.6) is 0 Å². The van der Waals surface area contributed by atoms with Crippen molar-refractivity contribution in [2.75, 3.05) is 0 Å². The second-order valence-corrected chi connectivity index (χ2v) is 7.43. The molecule has 0 aliphatic heterocycles. The van der Waals surface area contributed by atoms with Crippen molar-refractivity contribution in [1.82, 2.24) is 0 Å². The number of benzene rings is 1. The molecule has 0 unspecified atom stereocenters. The van der Waals surface area contributed by atoms with E-state index in [9.17, 15) is 19.2 Å². The molecule has 2 saturated carbocycles. The highest BCUT2D eigenvalue weighted by atomic mass is 79.9. The molecule has 1 aromatic carbocycles. The summed E-state index contributed by atoms with van der Waals surface area (Å²) in [5.74, 6) is -3.00. The Morgan fingerprint density at radius 3 is 1.58 bits per heavy atom. The fourth-order valence-electron chi connectivity index (χ4n) is 3.95. The summed E-state index contributed by atoms with van der Waals surface area (Å²) in [6, 6.07) is 7.26. The Kier molecular flexibility index (Phi) is 5.09. The van der Waals surface area contributed by atoms with E-state index in [2.05, 4.69) is 15.9 Å². The van der Waals surface area contributed by atoms with Crippen LogP contribution in [0, 0.1) is 11.8 Å². The minimum Gasteiger partial charge on any atom is -0.299 e. The van der Waals surface area contributed by atoms with Crippen molar-refractivity contribution in [3.05, 3.63) is 34.3 Å². The fourth-order valence-corrected chi connectivity index (χ4v) is 4.50. The lowest BCUT2D eigenvalue weighted by molar-refractivity contribution is -0.141. The van der Waals surface area contributed by atoms with Gasteiger partial charge in [-0.25, -0.2) is 0 Å². The van der Waals surface area contributed by atoms with Crippen LogP contribution in [0.25, 0.3) is 0 Å². The van der Waals surface area contributed by atoms with Crippen molar-refractivity contribution in [1.29, 1.82) is 0 Å². The molecule has 0 atom stereocenters. The van der Waals surface area contributed by atoms with Gasteiger partial charge in [0.25, 0.3) is 0 Å². The van der Waals surface area contributed by atoms with Gasteiger partial charge in [-0.1, -0.05) is 34.1 Å². The summed E-state index contributed by atoms with van der Waals surface area (Å²) >= 11 is 3.46. The molecular weight excluding hydrogens is 372 g/mol. The normalized spacial score (nSPS) is 20.9. The summed E-state index contributed by atoms with van der Waals surface area (Å²) in [5, 5.41) is 0. The monoisotopic (exact) mass is 390 g/mol. The van der Waals surface area contributed by atoms with Gasteiger partial charge in [0.1, 0.15) is 23.1 Å². The van der Waals surface area contributed by atoms with Crippen LogP contribution < -0.4 is 0 Å². The summed E-state index contributed by atoms with van der Waals surface area (Å²) in [5.41, 5.74) is 0.708. The average Bonchev–Trinajstić information content (AvgIpc) is 2.53. The highest BCUT2D eigenvalue weighted by Gasteiger charge is 2.47. The molecule has 2 aliphatic rings. The molecule has 0 bridgehead atoms. The molecule has 1 aromatic rings. The van der Waals surface area contributed by atoms with Crippen molar-refractivity contribution >= 4 is 39.1 Å². The van der Waals surface area contributed by atoms with Gasteiger partial charge in [-0.05, 0) is 24.5 Å². The standard InChI is InChI=1S/C19H19BrO4/c20-12-6-2-1-5-11(12)17(18-13(21)7-3-8-14(18)22)19-15(23)9-4-10-16(19)24/h1-2,5-6,17-19H,3-4,7-10H2. The molecule has 4 nitrogen and oxygen atoms in total. The van der Waals surface area contributed by atoms with E-state index in [0.717, 1.165) is 4.47 Å². The molecule has 0 aromatic heterocycles. The predicted molar refractivity (Wildman–Crippen MR) is 91.6 cm³/mol. The molecule has 24 heavy (non-hydrogen) atoms. The van der Waals surface area contributed by atoms with E-state index in [1.165, 1.54) is 0 Å². The van der Waals surface area contributed by atoms with Crippen molar-refractivity contribution < 1.29 is 19.2 Å². The summed E-state index contributed by atoms with van der Waals surface area (Å²) in [4.78, 5) is 50.1. The van der Waals surface area contributed by atoms with Gasteiger partial charge in [-0.3, -0.25) is 19.2 Å². The van der Waals surface area contributed by atoms with Gasteiger partial charge >= 0.3 is 0 Å². The molecule has 2 fully saturated rings. The number of carbonyl (C=O) groups excluding carboxylic acids is 4. The first-order valence-corrected chi connectivity index (χ1v) is 9.15. The zero-order valence-corrected chi connectivity index (χ0v) is 14.9. The van der Waals surface area contributed by atoms with E-state index < -0.39 is 17.8 Å². The topological polar surface area (TPSA) is 68.3 Å². The molecule has 0 heterocycles. The van der Waals surface area contributed by atoms with E-state index in [1.807, 2.05) is 18.2 Å². The Labute approximate surface area is 149 Å². The highest BCUT2D eigenvalue weighted by molar-refractivity contribution is 9.10. The van der Waals surface area contributed by atoms with E-state index >= 15 is 0 Å². The van der Waals surface area contributed by atoms with Crippen molar-refractivity contribution in [2.45, 2.75) is 44.4 Å². The first kappa shape index (κ1) is 17.2. The Balaban J connectivity index is 2.12. The van der Waals surface area contributed by atoms with Crippen LogP contribution in [0.2, 0.25) is 0 Å². The second kappa shape index (κ2) is 7.09. The van der Waals surface area contributed by atoms with Crippen LogP contribution in [0.3, 0.4) is 0 Å². The highest BCUT2D eigenvalue weighted by Crippen LogP contribution is 2.43. The number of halogens is 1. The van der Waals surface area contributed by atoms with Crippen molar-refractivity contribution in [2.24, 2.45) is 11.8 Å².